The average Bonchev–Trinajstić information content (AvgIpc) is 2.83. The van der Waals surface area contributed by atoms with Gasteiger partial charge in [-0.25, -0.2) is 17.6 Å². The highest BCUT2D eigenvalue weighted by atomic mass is 32.2. The molecule has 0 bridgehead atoms. The number of carbonyl (C=O) groups excluding carboxylic acids is 2. The third kappa shape index (κ3) is 5.09. The van der Waals surface area contributed by atoms with Gasteiger partial charge in [-0.05, 0) is 60.9 Å². The van der Waals surface area contributed by atoms with Crippen molar-refractivity contribution in [1.82, 2.24) is 4.90 Å². The van der Waals surface area contributed by atoms with Crippen molar-refractivity contribution in [2.45, 2.75) is 30.9 Å². The number of esters is 1. The van der Waals surface area contributed by atoms with Crippen LogP contribution in [0.1, 0.15) is 28.4 Å². The van der Waals surface area contributed by atoms with Gasteiger partial charge in [-0.3, -0.25) is 9.52 Å². The van der Waals surface area contributed by atoms with Gasteiger partial charge in [-0.15, -0.1) is 0 Å². The number of carbonyl (C=O) groups is 2. The normalized spacial score (nSPS) is 14.1. The Morgan fingerprint density at radius 2 is 1.62 bits per heavy atom. The monoisotopic (exact) mass is 482 g/mol. The maximum absolute atomic E-state index is 13.2. The maximum atomic E-state index is 13.2. The van der Waals surface area contributed by atoms with Crippen molar-refractivity contribution < 1.29 is 27.1 Å². The second-order valence-corrected chi connectivity index (χ2v) is 9.61. The summed E-state index contributed by atoms with van der Waals surface area (Å²) in [6.45, 7) is 2.45. The lowest BCUT2D eigenvalue weighted by Crippen LogP contribution is -2.42. The van der Waals surface area contributed by atoms with E-state index in [9.17, 15) is 22.4 Å². The SMILES string of the molecule is C[C@@H](OC(=O)c1ccccc1NS(=O)(=O)c1ccc(F)cc1)C(=O)N1CCc2ccccc2C1. The number of hydrogen-bond donors (Lipinski definition) is 1. The number of ether oxygens (including phenoxy) is 1. The molecule has 1 amide bonds. The summed E-state index contributed by atoms with van der Waals surface area (Å²) in [4.78, 5) is 27.2. The second kappa shape index (κ2) is 9.64. The number of halogens is 1. The molecule has 176 valence electrons. The van der Waals surface area contributed by atoms with E-state index in [0.29, 0.717) is 13.1 Å². The molecule has 0 radical (unpaired) electrons. The van der Waals surface area contributed by atoms with Crippen LogP contribution in [0, 0.1) is 5.82 Å². The Balaban J connectivity index is 1.46. The maximum Gasteiger partial charge on any atom is 0.341 e. The lowest BCUT2D eigenvalue weighted by atomic mass is 9.99. The summed E-state index contributed by atoms with van der Waals surface area (Å²) >= 11 is 0. The molecule has 1 aliphatic rings. The van der Waals surface area contributed by atoms with Crippen molar-refractivity contribution in [2.75, 3.05) is 11.3 Å². The fraction of sp³-hybridized carbons (Fsp3) is 0.200. The van der Waals surface area contributed by atoms with Gasteiger partial charge in [0.25, 0.3) is 15.9 Å². The van der Waals surface area contributed by atoms with Crippen LogP contribution in [-0.4, -0.2) is 37.8 Å². The topological polar surface area (TPSA) is 92.8 Å². The largest absolute Gasteiger partial charge is 0.449 e. The molecule has 4 rings (SSSR count). The number of sulfonamides is 1. The number of nitrogens with zero attached hydrogens (tertiary/aromatic N) is 1. The van der Waals surface area contributed by atoms with Crippen LogP contribution in [0.4, 0.5) is 10.1 Å². The molecule has 1 aliphatic heterocycles. The molecule has 7 nitrogen and oxygen atoms in total. The van der Waals surface area contributed by atoms with E-state index >= 15 is 0 Å². The quantitative estimate of drug-likeness (QED) is 0.540. The molecule has 34 heavy (non-hydrogen) atoms. The third-order valence-corrected chi connectivity index (χ3v) is 6.97. The van der Waals surface area contributed by atoms with Crippen LogP contribution in [0.3, 0.4) is 0 Å². The first-order valence-corrected chi connectivity index (χ1v) is 12.2. The highest BCUT2D eigenvalue weighted by molar-refractivity contribution is 7.92. The predicted molar refractivity (Wildman–Crippen MR) is 124 cm³/mol. The minimum Gasteiger partial charge on any atom is -0.449 e. The second-order valence-electron chi connectivity index (χ2n) is 7.93. The van der Waals surface area contributed by atoms with Crippen LogP contribution >= 0.6 is 0 Å². The molecule has 1 atom stereocenters. The van der Waals surface area contributed by atoms with Crippen LogP contribution in [0.2, 0.25) is 0 Å². The van der Waals surface area contributed by atoms with Gasteiger partial charge in [-0.2, -0.15) is 0 Å². The smallest absolute Gasteiger partial charge is 0.341 e. The summed E-state index contributed by atoms with van der Waals surface area (Å²) < 4.78 is 46.3. The van der Waals surface area contributed by atoms with Gasteiger partial charge in [0, 0.05) is 13.1 Å². The average molecular weight is 483 g/mol. The van der Waals surface area contributed by atoms with E-state index in [-0.39, 0.29) is 22.1 Å². The van der Waals surface area contributed by atoms with Crippen LogP contribution in [0.15, 0.2) is 77.7 Å². The molecular formula is C25H23FN2O5S. The van der Waals surface area contributed by atoms with Crippen molar-refractivity contribution in [2.24, 2.45) is 0 Å². The van der Waals surface area contributed by atoms with Gasteiger partial charge in [0.15, 0.2) is 6.10 Å². The first-order chi connectivity index (χ1) is 16.2. The Kier molecular flexibility index (Phi) is 6.65. The highest BCUT2D eigenvalue weighted by Gasteiger charge is 2.28. The Bertz CT molecular complexity index is 1330. The van der Waals surface area contributed by atoms with E-state index in [2.05, 4.69) is 4.72 Å². The van der Waals surface area contributed by atoms with Crippen molar-refractivity contribution in [3.8, 4) is 0 Å². The summed E-state index contributed by atoms with van der Waals surface area (Å²) in [7, 11) is -4.08. The molecule has 0 saturated carbocycles. The number of amides is 1. The molecule has 0 aliphatic carbocycles. The molecular weight excluding hydrogens is 459 g/mol. The van der Waals surface area contributed by atoms with Crippen LogP contribution in [0.25, 0.3) is 0 Å². The fourth-order valence-corrected chi connectivity index (χ4v) is 4.86. The third-order valence-electron chi connectivity index (χ3n) is 5.59. The highest BCUT2D eigenvalue weighted by Crippen LogP contribution is 2.23. The lowest BCUT2D eigenvalue weighted by Gasteiger charge is -2.30. The summed E-state index contributed by atoms with van der Waals surface area (Å²) in [5.74, 6) is -1.73. The van der Waals surface area contributed by atoms with E-state index in [0.717, 1.165) is 36.2 Å². The van der Waals surface area contributed by atoms with Gasteiger partial charge in [0.2, 0.25) is 0 Å². The van der Waals surface area contributed by atoms with Crippen LogP contribution < -0.4 is 4.72 Å². The minimum absolute atomic E-state index is 0.0108. The molecule has 0 fully saturated rings. The minimum atomic E-state index is -4.08. The molecule has 0 saturated heterocycles. The van der Waals surface area contributed by atoms with Crippen LogP contribution in [0.5, 0.6) is 0 Å². The number of anilines is 1. The van der Waals surface area contributed by atoms with Gasteiger partial charge in [0.1, 0.15) is 5.82 Å². The van der Waals surface area contributed by atoms with E-state index < -0.39 is 27.9 Å². The summed E-state index contributed by atoms with van der Waals surface area (Å²) in [6, 6.07) is 18.1. The number of rotatable bonds is 6. The van der Waals surface area contributed by atoms with E-state index in [1.54, 1.807) is 17.0 Å². The number of nitrogens with one attached hydrogen (secondary N) is 1. The Hall–Kier alpha value is -3.72. The molecule has 1 heterocycles. The van der Waals surface area contributed by atoms with E-state index in [1.807, 2.05) is 24.3 Å². The van der Waals surface area contributed by atoms with Crippen molar-refractivity contribution in [1.29, 1.82) is 0 Å². The first-order valence-electron chi connectivity index (χ1n) is 10.7. The molecule has 1 N–H and O–H groups in total. The summed E-state index contributed by atoms with van der Waals surface area (Å²) in [5.41, 5.74) is 2.19. The zero-order valence-electron chi connectivity index (χ0n) is 18.4. The summed E-state index contributed by atoms with van der Waals surface area (Å²) in [5, 5.41) is 0. The number of benzene rings is 3. The molecule has 3 aromatic rings. The molecule has 0 unspecified atom stereocenters. The molecule has 3 aromatic carbocycles. The lowest BCUT2D eigenvalue weighted by molar-refractivity contribution is -0.140. The van der Waals surface area contributed by atoms with Gasteiger partial charge in [-0.1, -0.05) is 36.4 Å². The van der Waals surface area contributed by atoms with Gasteiger partial charge >= 0.3 is 5.97 Å². The van der Waals surface area contributed by atoms with Crippen molar-refractivity contribution in [3.63, 3.8) is 0 Å². The van der Waals surface area contributed by atoms with E-state index in [4.69, 9.17) is 4.74 Å². The van der Waals surface area contributed by atoms with E-state index in [1.165, 1.54) is 24.6 Å². The first kappa shape index (κ1) is 23.4. The standard InChI is InChI=1S/C25H23FN2O5S/c1-17(24(29)28-15-14-18-6-2-3-7-19(18)16-28)33-25(30)22-8-4-5-9-23(22)27-34(31,32)21-12-10-20(26)11-13-21/h2-13,17,27H,14-16H2,1H3/t17-/m1/s1. The summed E-state index contributed by atoms with van der Waals surface area (Å²) in [6.07, 6.45) is -0.337. The Morgan fingerprint density at radius 1 is 0.971 bits per heavy atom. The number of fused-ring (bicyclic) bond motifs is 1. The van der Waals surface area contributed by atoms with Gasteiger partial charge in [0.05, 0.1) is 16.1 Å². The molecule has 0 spiro atoms. The fourth-order valence-electron chi connectivity index (χ4n) is 3.78. The predicted octanol–water partition coefficient (Wildman–Crippen LogP) is 3.76. The zero-order valence-corrected chi connectivity index (χ0v) is 19.2. The van der Waals surface area contributed by atoms with Crippen LogP contribution in [-0.2, 0) is 32.5 Å². The molecule has 0 aromatic heterocycles. The number of para-hydroxylation sites is 1. The van der Waals surface area contributed by atoms with Gasteiger partial charge < -0.3 is 9.64 Å². The Labute approximate surface area is 197 Å². The molecule has 9 heteroatoms. The van der Waals surface area contributed by atoms with Crippen molar-refractivity contribution in [3.05, 3.63) is 95.3 Å². The number of hydrogen-bond acceptors (Lipinski definition) is 5. The zero-order chi connectivity index (χ0) is 24.3. The Morgan fingerprint density at radius 3 is 2.35 bits per heavy atom. The van der Waals surface area contributed by atoms with Crippen molar-refractivity contribution >= 4 is 27.6 Å².